The van der Waals surface area contributed by atoms with Gasteiger partial charge in [-0.15, -0.1) is 0 Å². The highest BCUT2D eigenvalue weighted by atomic mass is 16.3. The number of rotatable bonds is 8. The lowest BCUT2D eigenvalue weighted by atomic mass is 9.97. The largest absolute Gasteiger partial charge is 0.455 e. The Morgan fingerprint density at radius 2 is 0.817 bits per heavy atom. The number of anilines is 3. The lowest BCUT2D eigenvalue weighted by molar-refractivity contribution is 0.670. The Labute approximate surface area is 411 Å². The van der Waals surface area contributed by atoms with Gasteiger partial charge in [-0.2, -0.15) is 0 Å². The zero-order valence-corrected chi connectivity index (χ0v) is 38.7. The van der Waals surface area contributed by atoms with Crippen molar-refractivity contribution in [2.45, 2.75) is 0 Å². The van der Waals surface area contributed by atoms with Gasteiger partial charge in [-0.05, 0) is 128 Å². The Kier molecular flexibility index (Phi) is 9.53. The zero-order valence-electron chi connectivity index (χ0n) is 38.7. The van der Waals surface area contributed by atoms with Crippen LogP contribution in [0.25, 0.3) is 115 Å². The van der Waals surface area contributed by atoms with Crippen molar-refractivity contribution in [2.75, 3.05) is 4.90 Å². The molecule has 0 saturated carbocycles. The molecule has 0 aliphatic heterocycles. The van der Waals surface area contributed by atoms with E-state index in [4.69, 9.17) is 4.42 Å². The number of benzene rings is 12. The standard InChI is InChI=1S/C68H44N2O/c1-2-19-56-46(14-1)30-31-52-43-50(36-41-57(52)56)45-32-37-53(38-33-45)69(54-39-34-47(35-40-54)59-24-13-25-63-62-23-6-10-29-67(62)71-68(59)63)55-18-12-16-49(44-55)48-15-11-17-51(42-48)58-20-3-7-26-64(58)70-65-27-8-4-21-60(65)61-22-5-9-28-66(61)70/h1-44H. The van der Waals surface area contributed by atoms with Gasteiger partial charge in [0.25, 0.3) is 0 Å². The summed E-state index contributed by atoms with van der Waals surface area (Å²) in [6.07, 6.45) is 0. The summed E-state index contributed by atoms with van der Waals surface area (Å²) in [6, 6.07) is 96.7. The fourth-order valence-corrected chi connectivity index (χ4v) is 11.0. The first-order chi connectivity index (χ1) is 35.2. The predicted molar refractivity (Wildman–Crippen MR) is 299 cm³/mol. The first-order valence-electron chi connectivity index (χ1n) is 24.3. The third-order valence-corrected chi connectivity index (χ3v) is 14.4. The van der Waals surface area contributed by atoms with Gasteiger partial charge in [0, 0.05) is 49.7 Å². The third-order valence-electron chi connectivity index (χ3n) is 14.4. The van der Waals surface area contributed by atoms with E-state index in [1.54, 1.807) is 0 Å². The fourth-order valence-electron chi connectivity index (χ4n) is 11.0. The molecule has 0 spiro atoms. The van der Waals surface area contributed by atoms with Crippen LogP contribution in [0.15, 0.2) is 271 Å². The maximum atomic E-state index is 6.48. The topological polar surface area (TPSA) is 21.3 Å². The van der Waals surface area contributed by atoms with Crippen LogP contribution in [-0.2, 0) is 0 Å². The highest BCUT2D eigenvalue weighted by Gasteiger charge is 2.19. The van der Waals surface area contributed by atoms with E-state index in [0.717, 1.165) is 72.5 Å². The van der Waals surface area contributed by atoms with Crippen molar-refractivity contribution >= 4 is 82.4 Å². The molecule has 3 heteroatoms. The highest BCUT2D eigenvalue weighted by molar-refractivity contribution is 6.11. The SMILES string of the molecule is c1cc(-c2cccc(N(c3ccc(-c4ccc5c(ccc6ccccc65)c4)cc3)c3ccc(-c4cccc5c4oc4ccccc45)cc3)c2)cc(-c2ccccc2-n2c3ccccc3c3ccccc32)c1. The summed E-state index contributed by atoms with van der Waals surface area (Å²) in [4.78, 5) is 2.37. The summed E-state index contributed by atoms with van der Waals surface area (Å²) >= 11 is 0. The molecule has 0 N–H and O–H groups in total. The number of nitrogens with zero attached hydrogens (tertiary/aromatic N) is 2. The molecule has 0 fully saturated rings. The molecule has 3 nitrogen and oxygen atoms in total. The normalized spacial score (nSPS) is 11.7. The summed E-state index contributed by atoms with van der Waals surface area (Å²) in [5.41, 5.74) is 17.7. The van der Waals surface area contributed by atoms with E-state index in [2.05, 4.69) is 264 Å². The van der Waals surface area contributed by atoms with Crippen molar-refractivity contribution in [1.82, 2.24) is 4.57 Å². The van der Waals surface area contributed by atoms with Gasteiger partial charge in [-0.25, -0.2) is 0 Å². The second-order valence-corrected chi connectivity index (χ2v) is 18.5. The van der Waals surface area contributed by atoms with Crippen molar-refractivity contribution in [3.05, 3.63) is 267 Å². The first kappa shape index (κ1) is 40.6. The van der Waals surface area contributed by atoms with Crippen LogP contribution >= 0.6 is 0 Å². The zero-order chi connectivity index (χ0) is 46.8. The van der Waals surface area contributed by atoms with Gasteiger partial charge in [0.15, 0.2) is 0 Å². The van der Waals surface area contributed by atoms with E-state index in [1.807, 2.05) is 12.1 Å². The van der Waals surface area contributed by atoms with Crippen molar-refractivity contribution in [3.8, 4) is 50.2 Å². The number of hydrogen-bond acceptors (Lipinski definition) is 2. The Hall–Kier alpha value is -9.44. The summed E-state index contributed by atoms with van der Waals surface area (Å²) in [6.45, 7) is 0. The minimum absolute atomic E-state index is 0.899. The maximum Gasteiger partial charge on any atom is 0.143 e. The summed E-state index contributed by atoms with van der Waals surface area (Å²) < 4.78 is 8.90. The number of fused-ring (bicyclic) bond motifs is 9. The molecule has 0 bridgehead atoms. The predicted octanol–water partition coefficient (Wildman–Crippen LogP) is 19.1. The Morgan fingerprint density at radius 3 is 1.61 bits per heavy atom. The maximum absolute atomic E-state index is 6.48. The highest BCUT2D eigenvalue weighted by Crippen LogP contribution is 2.42. The lowest BCUT2D eigenvalue weighted by Gasteiger charge is -2.26. The summed E-state index contributed by atoms with van der Waals surface area (Å²) in [5.74, 6) is 0. The second kappa shape index (κ2) is 16.7. The van der Waals surface area contributed by atoms with Crippen LogP contribution in [0.1, 0.15) is 0 Å². The quantitative estimate of drug-likeness (QED) is 0.142. The minimum atomic E-state index is 0.899. The van der Waals surface area contributed by atoms with Crippen LogP contribution in [-0.4, -0.2) is 4.57 Å². The molecule has 2 aromatic heterocycles. The summed E-state index contributed by atoms with van der Waals surface area (Å²) in [7, 11) is 0. The average molecular weight is 905 g/mol. The molecule has 0 aliphatic rings. The van der Waals surface area contributed by atoms with Gasteiger partial charge in [-0.3, -0.25) is 0 Å². The van der Waals surface area contributed by atoms with Crippen molar-refractivity contribution < 1.29 is 4.42 Å². The monoisotopic (exact) mass is 904 g/mol. The lowest BCUT2D eigenvalue weighted by Crippen LogP contribution is -2.10. The average Bonchev–Trinajstić information content (AvgIpc) is 4.00. The van der Waals surface area contributed by atoms with Crippen LogP contribution in [0.2, 0.25) is 0 Å². The first-order valence-corrected chi connectivity index (χ1v) is 24.3. The molecule has 14 aromatic rings. The van der Waals surface area contributed by atoms with Crippen molar-refractivity contribution in [1.29, 1.82) is 0 Å². The van der Waals surface area contributed by atoms with Crippen molar-refractivity contribution in [2.24, 2.45) is 0 Å². The van der Waals surface area contributed by atoms with Crippen LogP contribution in [0, 0.1) is 0 Å². The molecule has 0 amide bonds. The van der Waals surface area contributed by atoms with E-state index in [9.17, 15) is 0 Å². The Morgan fingerprint density at radius 1 is 0.282 bits per heavy atom. The molecular weight excluding hydrogens is 861 g/mol. The number of hydrogen-bond donors (Lipinski definition) is 0. The number of para-hydroxylation sites is 5. The molecule has 0 saturated heterocycles. The van der Waals surface area contributed by atoms with Gasteiger partial charge >= 0.3 is 0 Å². The molecule has 332 valence electrons. The molecular formula is C68H44N2O. The van der Waals surface area contributed by atoms with E-state index in [-0.39, 0.29) is 0 Å². The molecule has 12 aromatic carbocycles. The van der Waals surface area contributed by atoms with Gasteiger partial charge in [0.05, 0.1) is 16.7 Å². The minimum Gasteiger partial charge on any atom is -0.455 e. The van der Waals surface area contributed by atoms with Gasteiger partial charge in [-0.1, -0.05) is 194 Å². The van der Waals surface area contributed by atoms with E-state index >= 15 is 0 Å². The fraction of sp³-hybridized carbons (Fsp3) is 0. The smallest absolute Gasteiger partial charge is 0.143 e. The van der Waals surface area contributed by atoms with Crippen LogP contribution in [0.5, 0.6) is 0 Å². The summed E-state index contributed by atoms with van der Waals surface area (Å²) in [5, 5.41) is 9.81. The molecule has 0 unspecified atom stereocenters. The third kappa shape index (κ3) is 6.89. The molecule has 0 atom stereocenters. The molecule has 0 aliphatic carbocycles. The second-order valence-electron chi connectivity index (χ2n) is 18.5. The van der Waals surface area contributed by atoms with Gasteiger partial charge < -0.3 is 13.9 Å². The Balaban J connectivity index is 0.860. The van der Waals surface area contributed by atoms with Crippen molar-refractivity contribution in [3.63, 3.8) is 0 Å². The Bertz CT molecular complexity index is 4290. The molecule has 71 heavy (non-hydrogen) atoms. The van der Waals surface area contributed by atoms with Crippen LogP contribution < -0.4 is 4.90 Å². The van der Waals surface area contributed by atoms with Gasteiger partial charge in [0.1, 0.15) is 11.2 Å². The van der Waals surface area contributed by atoms with Gasteiger partial charge in [0.2, 0.25) is 0 Å². The van der Waals surface area contributed by atoms with Crippen LogP contribution in [0.4, 0.5) is 17.1 Å². The van der Waals surface area contributed by atoms with Crippen LogP contribution in [0.3, 0.4) is 0 Å². The van der Waals surface area contributed by atoms with E-state index in [1.165, 1.54) is 60.0 Å². The van der Waals surface area contributed by atoms with E-state index < -0.39 is 0 Å². The molecule has 0 radical (unpaired) electrons. The number of furan rings is 1. The van der Waals surface area contributed by atoms with E-state index in [0.29, 0.717) is 0 Å². The molecule has 2 heterocycles. The molecule has 14 rings (SSSR count). The number of aromatic nitrogens is 1.